The molecule has 0 amide bonds. The van der Waals surface area contributed by atoms with Gasteiger partial charge in [-0.3, -0.25) is 4.90 Å². The molecule has 0 N–H and O–H groups in total. The quantitative estimate of drug-likeness (QED) is 0.603. The van der Waals surface area contributed by atoms with Crippen molar-refractivity contribution in [2.75, 3.05) is 20.2 Å². The molecule has 1 aliphatic carbocycles. The molecule has 0 aromatic heterocycles. The van der Waals surface area contributed by atoms with Crippen LogP contribution >= 0.6 is 0 Å². The van der Waals surface area contributed by atoms with E-state index >= 15 is 0 Å². The Bertz CT molecular complexity index is 134. The van der Waals surface area contributed by atoms with Crippen LogP contribution in [0.1, 0.15) is 39.5 Å². The second-order valence-electron chi connectivity index (χ2n) is 4.13. The fourth-order valence-corrected chi connectivity index (χ4v) is 1.63. The van der Waals surface area contributed by atoms with Crippen molar-refractivity contribution < 1.29 is 4.74 Å². The molecule has 1 atom stereocenters. The van der Waals surface area contributed by atoms with Gasteiger partial charge in [0.05, 0.1) is 6.10 Å². The Kier molecular flexibility index (Phi) is 4.74. The lowest BCUT2D eigenvalue weighted by Gasteiger charge is -2.24. The van der Waals surface area contributed by atoms with Crippen LogP contribution in [0.5, 0.6) is 0 Å². The summed E-state index contributed by atoms with van der Waals surface area (Å²) in [6.07, 6.45) is 5.81. The van der Waals surface area contributed by atoms with E-state index in [0.29, 0.717) is 6.10 Å². The van der Waals surface area contributed by atoms with Crippen molar-refractivity contribution in [3.05, 3.63) is 0 Å². The lowest BCUT2D eigenvalue weighted by atomic mass is 10.3. The summed E-state index contributed by atoms with van der Waals surface area (Å²) in [5.74, 6) is 0. The van der Waals surface area contributed by atoms with Crippen molar-refractivity contribution in [2.24, 2.45) is 0 Å². The number of hydrogen-bond donors (Lipinski definition) is 0. The molecule has 0 aliphatic heterocycles. The third kappa shape index (κ3) is 4.10. The van der Waals surface area contributed by atoms with Gasteiger partial charge < -0.3 is 4.74 Å². The minimum atomic E-state index is 0.387. The molecule has 1 unspecified atom stereocenters. The number of methoxy groups -OCH3 is 1. The lowest BCUT2D eigenvalue weighted by Crippen LogP contribution is -2.34. The zero-order valence-corrected chi connectivity index (χ0v) is 9.25. The predicted octanol–water partition coefficient (Wildman–Crippen LogP) is 2.29. The molecule has 1 aliphatic rings. The molecule has 1 saturated carbocycles. The summed E-state index contributed by atoms with van der Waals surface area (Å²) in [5, 5.41) is 0. The first kappa shape index (κ1) is 11.0. The molecule has 2 nitrogen and oxygen atoms in total. The van der Waals surface area contributed by atoms with Crippen LogP contribution in [0.3, 0.4) is 0 Å². The molecule has 0 radical (unpaired) electrons. The first-order chi connectivity index (χ1) is 6.27. The van der Waals surface area contributed by atoms with E-state index < -0.39 is 0 Å². The van der Waals surface area contributed by atoms with Crippen LogP contribution in [0.2, 0.25) is 0 Å². The van der Waals surface area contributed by atoms with Crippen molar-refractivity contribution in [1.82, 2.24) is 4.90 Å². The highest BCUT2D eigenvalue weighted by Crippen LogP contribution is 2.27. The maximum absolute atomic E-state index is 5.30. The summed E-state index contributed by atoms with van der Waals surface area (Å²) in [6, 6.07) is 0.879. The Labute approximate surface area is 82.3 Å². The molecule has 0 heterocycles. The summed E-state index contributed by atoms with van der Waals surface area (Å²) in [6.45, 7) is 6.78. The summed E-state index contributed by atoms with van der Waals surface area (Å²) < 4.78 is 5.30. The molecule has 1 fully saturated rings. The normalized spacial score (nSPS) is 19.4. The van der Waals surface area contributed by atoms with Gasteiger partial charge in [0, 0.05) is 19.7 Å². The highest BCUT2D eigenvalue weighted by molar-refractivity contribution is 4.85. The SMILES string of the molecule is CCCCN(CC(C)OC)C1CC1. The van der Waals surface area contributed by atoms with Crippen LogP contribution in [0.25, 0.3) is 0 Å². The second-order valence-corrected chi connectivity index (χ2v) is 4.13. The van der Waals surface area contributed by atoms with Crippen molar-refractivity contribution in [3.8, 4) is 0 Å². The van der Waals surface area contributed by atoms with Gasteiger partial charge in [0.1, 0.15) is 0 Å². The Morgan fingerprint density at radius 1 is 1.46 bits per heavy atom. The third-order valence-electron chi connectivity index (χ3n) is 2.76. The second kappa shape index (κ2) is 5.61. The van der Waals surface area contributed by atoms with E-state index in [1.165, 1.54) is 32.2 Å². The van der Waals surface area contributed by atoms with Gasteiger partial charge in [0.2, 0.25) is 0 Å². The van der Waals surface area contributed by atoms with E-state index in [-0.39, 0.29) is 0 Å². The van der Waals surface area contributed by atoms with E-state index in [0.717, 1.165) is 12.6 Å². The third-order valence-corrected chi connectivity index (χ3v) is 2.76. The predicted molar refractivity (Wildman–Crippen MR) is 56.0 cm³/mol. The molecule has 0 aromatic rings. The van der Waals surface area contributed by atoms with E-state index in [4.69, 9.17) is 4.74 Å². The summed E-state index contributed by atoms with van der Waals surface area (Å²) in [4.78, 5) is 2.59. The molecule has 2 heteroatoms. The number of rotatable bonds is 7. The van der Waals surface area contributed by atoms with Gasteiger partial charge in [-0.1, -0.05) is 13.3 Å². The maximum atomic E-state index is 5.30. The number of ether oxygens (including phenoxy) is 1. The molecular formula is C11H23NO. The van der Waals surface area contributed by atoms with Crippen molar-refractivity contribution >= 4 is 0 Å². The summed E-state index contributed by atoms with van der Waals surface area (Å²) in [7, 11) is 1.80. The molecule has 13 heavy (non-hydrogen) atoms. The fraction of sp³-hybridized carbons (Fsp3) is 1.00. The lowest BCUT2D eigenvalue weighted by molar-refractivity contribution is 0.0735. The average Bonchev–Trinajstić information content (AvgIpc) is 2.94. The average molecular weight is 185 g/mol. The van der Waals surface area contributed by atoms with Crippen molar-refractivity contribution in [2.45, 2.75) is 51.7 Å². The molecule has 78 valence electrons. The van der Waals surface area contributed by atoms with Crippen LogP contribution in [0.15, 0.2) is 0 Å². The Hall–Kier alpha value is -0.0800. The number of unbranched alkanes of at least 4 members (excludes halogenated alkanes) is 1. The van der Waals surface area contributed by atoms with Gasteiger partial charge in [-0.25, -0.2) is 0 Å². The highest BCUT2D eigenvalue weighted by Gasteiger charge is 2.29. The zero-order valence-electron chi connectivity index (χ0n) is 9.25. The van der Waals surface area contributed by atoms with Crippen LogP contribution in [0.4, 0.5) is 0 Å². The van der Waals surface area contributed by atoms with E-state index in [9.17, 15) is 0 Å². The first-order valence-electron chi connectivity index (χ1n) is 5.54. The standard InChI is InChI=1S/C11H23NO/c1-4-5-8-12(11-6-7-11)9-10(2)13-3/h10-11H,4-9H2,1-3H3. The van der Waals surface area contributed by atoms with Gasteiger partial charge >= 0.3 is 0 Å². The van der Waals surface area contributed by atoms with E-state index in [1.54, 1.807) is 7.11 Å². The first-order valence-corrected chi connectivity index (χ1v) is 5.54. The number of hydrogen-bond acceptors (Lipinski definition) is 2. The molecule has 0 saturated heterocycles. The molecular weight excluding hydrogens is 162 g/mol. The van der Waals surface area contributed by atoms with Gasteiger partial charge in [0.15, 0.2) is 0 Å². The van der Waals surface area contributed by atoms with Crippen LogP contribution < -0.4 is 0 Å². The number of nitrogens with zero attached hydrogens (tertiary/aromatic N) is 1. The molecule has 0 spiro atoms. The van der Waals surface area contributed by atoms with Gasteiger partial charge in [-0.15, -0.1) is 0 Å². The maximum Gasteiger partial charge on any atom is 0.0670 e. The summed E-state index contributed by atoms with van der Waals surface area (Å²) >= 11 is 0. The van der Waals surface area contributed by atoms with Crippen LogP contribution in [-0.4, -0.2) is 37.2 Å². The van der Waals surface area contributed by atoms with Gasteiger partial charge in [-0.05, 0) is 32.7 Å². The fourth-order valence-electron chi connectivity index (χ4n) is 1.63. The minimum Gasteiger partial charge on any atom is -0.380 e. The monoisotopic (exact) mass is 185 g/mol. The zero-order chi connectivity index (χ0) is 9.68. The topological polar surface area (TPSA) is 12.5 Å². The minimum absolute atomic E-state index is 0.387. The van der Waals surface area contributed by atoms with Crippen molar-refractivity contribution in [3.63, 3.8) is 0 Å². The van der Waals surface area contributed by atoms with Crippen LogP contribution in [0, 0.1) is 0 Å². The summed E-state index contributed by atoms with van der Waals surface area (Å²) in [5.41, 5.74) is 0. The largest absolute Gasteiger partial charge is 0.380 e. The Morgan fingerprint density at radius 3 is 2.62 bits per heavy atom. The highest BCUT2D eigenvalue weighted by atomic mass is 16.5. The molecule has 0 aromatic carbocycles. The van der Waals surface area contributed by atoms with Crippen molar-refractivity contribution in [1.29, 1.82) is 0 Å². The van der Waals surface area contributed by atoms with Gasteiger partial charge in [-0.2, -0.15) is 0 Å². The van der Waals surface area contributed by atoms with E-state index in [2.05, 4.69) is 18.7 Å². The Balaban J connectivity index is 2.20. The smallest absolute Gasteiger partial charge is 0.0670 e. The Morgan fingerprint density at radius 2 is 2.15 bits per heavy atom. The van der Waals surface area contributed by atoms with Gasteiger partial charge in [0.25, 0.3) is 0 Å². The molecule has 0 bridgehead atoms. The van der Waals surface area contributed by atoms with E-state index in [1.807, 2.05) is 0 Å². The van der Waals surface area contributed by atoms with Crippen LogP contribution in [-0.2, 0) is 4.74 Å². The molecule has 1 rings (SSSR count).